The van der Waals surface area contributed by atoms with Crippen molar-refractivity contribution >= 4 is 29.4 Å². The van der Waals surface area contributed by atoms with Crippen molar-refractivity contribution in [1.82, 2.24) is 5.32 Å². The highest BCUT2D eigenvalue weighted by atomic mass is 32.2. The number of nitrogens with one attached hydrogen (secondary N) is 2. The monoisotopic (exact) mass is 318 g/mol. The van der Waals surface area contributed by atoms with Crippen LogP contribution in [-0.4, -0.2) is 28.9 Å². The number of urea groups is 1. The van der Waals surface area contributed by atoms with E-state index in [1.54, 1.807) is 26.0 Å². The minimum absolute atomic E-state index is 0.202. The summed E-state index contributed by atoms with van der Waals surface area (Å²) in [5.74, 6) is -4.08. The molecule has 1 aromatic carbocycles. The van der Waals surface area contributed by atoms with E-state index in [9.17, 15) is 18.4 Å². The largest absolute Gasteiger partial charge is 0.480 e. The topological polar surface area (TPSA) is 78.4 Å². The van der Waals surface area contributed by atoms with Crippen LogP contribution < -0.4 is 10.6 Å². The van der Waals surface area contributed by atoms with E-state index in [1.807, 2.05) is 0 Å². The second kappa shape index (κ2) is 7.82. The molecule has 1 rings (SSSR count). The molecule has 0 aliphatic carbocycles. The fourth-order valence-electron chi connectivity index (χ4n) is 1.58. The van der Waals surface area contributed by atoms with Crippen molar-refractivity contribution in [3.05, 3.63) is 24.3 Å². The first-order chi connectivity index (χ1) is 9.81. The van der Waals surface area contributed by atoms with Gasteiger partial charge in [-0.25, -0.2) is 9.59 Å². The summed E-state index contributed by atoms with van der Waals surface area (Å²) >= 11 is 0.306. The molecule has 0 fully saturated rings. The van der Waals surface area contributed by atoms with Crippen LogP contribution >= 0.6 is 11.8 Å². The molecule has 2 amide bonds. The predicted molar refractivity (Wildman–Crippen MR) is 76.7 cm³/mol. The smallest absolute Gasteiger partial charge is 0.326 e. The molecule has 0 spiro atoms. The third kappa shape index (κ3) is 5.58. The number of carboxylic acid groups (broad SMARTS) is 1. The molecule has 0 bridgehead atoms. The minimum atomic E-state index is -2.61. The second-order valence-corrected chi connectivity index (χ2v) is 5.56. The van der Waals surface area contributed by atoms with Gasteiger partial charge in [-0.15, -0.1) is 0 Å². The van der Waals surface area contributed by atoms with Gasteiger partial charge in [0.25, 0.3) is 5.76 Å². The lowest BCUT2D eigenvalue weighted by molar-refractivity contribution is -0.140. The number of carboxylic acids is 1. The van der Waals surface area contributed by atoms with Gasteiger partial charge >= 0.3 is 12.0 Å². The summed E-state index contributed by atoms with van der Waals surface area (Å²) in [6.07, 6.45) is 0. The van der Waals surface area contributed by atoms with Gasteiger partial charge in [-0.2, -0.15) is 8.78 Å². The van der Waals surface area contributed by atoms with Gasteiger partial charge in [0.2, 0.25) is 0 Å². The van der Waals surface area contributed by atoms with Gasteiger partial charge in [-0.1, -0.05) is 37.7 Å². The quantitative estimate of drug-likeness (QED) is 0.704. The molecule has 0 aliphatic heterocycles. The van der Waals surface area contributed by atoms with Crippen molar-refractivity contribution < 1.29 is 23.5 Å². The Labute approximate surface area is 125 Å². The van der Waals surface area contributed by atoms with E-state index in [-0.39, 0.29) is 16.5 Å². The molecular weight excluding hydrogens is 302 g/mol. The third-order valence-corrected chi connectivity index (χ3v) is 3.36. The SMILES string of the molecule is CC(C)[C@H](NC(=O)Nc1ccccc1SC(F)F)C(=O)O. The second-order valence-electron chi connectivity index (χ2n) is 4.53. The zero-order valence-corrected chi connectivity index (χ0v) is 12.3. The number of halogens is 2. The maximum Gasteiger partial charge on any atom is 0.326 e. The zero-order chi connectivity index (χ0) is 16.0. The first-order valence-electron chi connectivity index (χ1n) is 6.15. The van der Waals surface area contributed by atoms with Crippen molar-refractivity contribution in [2.45, 2.75) is 30.5 Å². The molecule has 1 atom stereocenters. The number of alkyl halides is 2. The number of carbonyl (C=O) groups is 2. The summed E-state index contributed by atoms with van der Waals surface area (Å²) < 4.78 is 24.8. The summed E-state index contributed by atoms with van der Waals surface area (Å²) in [6, 6.07) is 4.27. The van der Waals surface area contributed by atoms with Crippen molar-refractivity contribution in [3.8, 4) is 0 Å². The summed E-state index contributed by atoms with van der Waals surface area (Å²) in [5.41, 5.74) is 0.202. The standard InChI is InChI=1S/C13H16F2N2O3S/c1-7(2)10(11(18)19)17-13(20)16-8-5-3-4-6-9(8)21-12(14)15/h3-7,10,12H,1-2H3,(H,18,19)(H2,16,17,20)/t10-/m0/s1. The molecule has 0 saturated heterocycles. The predicted octanol–water partition coefficient (Wildman–Crippen LogP) is 3.23. The Hall–Kier alpha value is -1.83. The molecule has 5 nitrogen and oxygen atoms in total. The molecule has 8 heteroatoms. The lowest BCUT2D eigenvalue weighted by atomic mass is 10.1. The van der Waals surface area contributed by atoms with Crippen LogP contribution in [0.3, 0.4) is 0 Å². The summed E-state index contributed by atoms with van der Waals surface area (Å²) in [6.45, 7) is 3.30. The van der Waals surface area contributed by atoms with E-state index >= 15 is 0 Å². The van der Waals surface area contributed by atoms with Gasteiger partial charge in [-0.05, 0) is 18.1 Å². The lowest BCUT2D eigenvalue weighted by Gasteiger charge is -2.19. The number of hydrogen-bond donors (Lipinski definition) is 3. The normalized spacial score (nSPS) is 12.3. The van der Waals surface area contributed by atoms with Crippen molar-refractivity contribution in [3.63, 3.8) is 0 Å². The lowest BCUT2D eigenvalue weighted by Crippen LogP contribution is -2.46. The number of amides is 2. The number of benzene rings is 1. The number of para-hydroxylation sites is 1. The summed E-state index contributed by atoms with van der Waals surface area (Å²) in [7, 11) is 0. The molecule has 0 aliphatic rings. The van der Waals surface area contributed by atoms with E-state index in [0.29, 0.717) is 11.8 Å². The average molecular weight is 318 g/mol. The van der Waals surface area contributed by atoms with Crippen molar-refractivity contribution in [2.75, 3.05) is 5.32 Å². The highest BCUT2D eigenvalue weighted by Crippen LogP contribution is 2.31. The fraction of sp³-hybridized carbons (Fsp3) is 0.385. The molecule has 0 heterocycles. The van der Waals surface area contributed by atoms with Gasteiger partial charge in [0.15, 0.2) is 0 Å². The third-order valence-electron chi connectivity index (χ3n) is 2.57. The molecule has 3 N–H and O–H groups in total. The van der Waals surface area contributed by atoms with Gasteiger partial charge in [0.1, 0.15) is 6.04 Å². The first kappa shape index (κ1) is 17.2. The molecule has 21 heavy (non-hydrogen) atoms. The number of hydrogen-bond acceptors (Lipinski definition) is 3. The maximum atomic E-state index is 12.4. The molecule has 0 saturated carbocycles. The number of thioether (sulfide) groups is 1. The van der Waals surface area contributed by atoms with E-state index in [1.165, 1.54) is 12.1 Å². The molecule has 0 unspecified atom stereocenters. The highest BCUT2D eigenvalue weighted by Gasteiger charge is 2.23. The van der Waals surface area contributed by atoms with Crippen LogP contribution in [0.4, 0.5) is 19.3 Å². The van der Waals surface area contributed by atoms with Crippen LogP contribution in [0.15, 0.2) is 29.2 Å². The number of aliphatic carboxylic acids is 1. The van der Waals surface area contributed by atoms with Crippen LogP contribution in [0.25, 0.3) is 0 Å². The average Bonchev–Trinajstić information content (AvgIpc) is 2.37. The van der Waals surface area contributed by atoms with Gasteiger partial charge in [0, 0.05) is 4.90 Å². The van der Waals surface area contributed by atoms with E-state index < -0.39 is 23.8 Å². The van der Waals surface area contributed by atoms with Crippen molar-refractivity contribution in [2.24, 2.45) is 5.92 Å². The fourth-order valence-corrected chi connectivity index (χ4v) is 2.18. The van der Waals surface area contributed by atoms with Crippen LogP contribution in [0, 0.1) is 5.92 Å². The number of carbonyl (C=O) groups excluding carboxylic acids is 1. The zero-order valence-electron chi connectivity index (χ0n) is 11.5. The van der Waals surface area contributed by atoms with Gasteiger partial charge in [-0.3, -0.25) is 0 Å². The summed E-state index contributed by atoms with van der Waals surface area (Å²) in [4.78, 5) is 23.0. The molecule has 116 valence electrons. The van der Waals surface area contributed by atoms with E-state index in [4.69, 9.17) is 5.11 Å². The Morgan fingerprint density at radius 1 is 1.24 bits per heavy atom. The Bertz CT molecular complexity index is 512. The maximum absolute atomic E-state index is 12.4. The number of anilines is 1. The first-order valence-corrected chi connectivity index (χ1v) is 7.03. The Morgan fingerprint density at radius 3 is 2.38 bits per heavy atom. The van der Waals surface area contributed by atoms with Crippen LogP contribution in [-0.2, 0) is 4.79 Å². The van der Waals surface area contributed by atoms with Crippen LogP contribution in [0.5, 0.6) is 0 Å². The Balaban J connectivity index is 2.77. The van der Waals surface area contributed by atoms with Gasteiger partial charge in [0.05, 0.1) is 5.69 Å². The Morgan fingerprint density at radius 2 is 1.86 bits per heavy atom. The van der Waals surface area contributed by atoms with E-state index in [2.05, 4.69) is 10.6 Å². The molecule has 1 aromatic rings. The van der Waals surface area contributed by atoms with E-state index in [0.717, 1.165) is 0 Å². The molecule has 0 aromatic heterocycles. The minimum Gasteiger partial charge on any atom is -0.480 e. The Kier molecular flexibility index (Phi) is 6.41. The molecular formula is C13H16F2N2O3S. The van der Waals surface area contributed by atoms with Crippen LogP contribution in [0.2, 0.25) is 0 Å². The number of rotatable bonds is 6. The highest BCUT2D eigenvalue weighted by molar-refractivity contribution is 7.99. The molecule has 0 radical (unpaired) electrons. The van der Waals surface area contributed by atoms with Gasteiger partial charge < -0.3 is 15.7 Å². The van der Waals surface area contributed by atoms with Crippen molar-refractivity contribution in [1.29, 1.82) is 0 Å². The summed E-state index contributed by atoms with van der Waals surface area (Å²) in [5, 5.41) is 13.7. The van der Waals surface area contributed by atoms with Crippen LogP contribution in [0.1, 0.15) is 13.8 Å².